The summed E-state index contributed by atoms with van der Waals surface area (Å²) >= 11 is 0. The quantitative estimate of drug-likeness (QED) is 0.733. The molecule has 0 amide bonds. The van der Waals surface area contributed by atoms with E-state index in [9.17, 15) is 9.59 Å². The maximum atomic E-state index is 11.4. The van der Waals surface area contributed by atoms with Gasteiger partial charge in [0.1, 0.15) is 0 Å². The molecule has 1 heterocycles. The molecule has 0 bridgehead atoms. The van der Waals surface area contributed by atoms with Crippen LogP contribution < -0.4 is 0 Å². The van der Waals surface area contributed by atoms with Crippen molar-refractivity contribution in [2.75, 3.05) is 0 Å². The van der Waals surface area contributed by atoms with Crippen LogP contribution in [0.2, 0.25) is 0 Å². The third-order valence-corrected chi connectivity index (χ3v) is 2.34. The second kappa shape index (κ2) is 4.35. The Morgan fingerprint density at radius 1 is 1.44 bits per heavy atom. The summed E-state index contributed by atoms with van der Waals surface area (Å²) < 4.78 is 10.0. The number of ether oxygens (including phenoxy) is 2. The number of hydrogen-bond acceptors (Lipinski definition) is 4. The first-order valence-electron chi connectivity index (χ1n) is 5.21. The van der Waals surface area contributed by atoms with Gasteiger partial charge in [-0.3, -0.25) is 4.79 Å². The molecule has 4 nitrogen and oxygen atoms in total. The van der Waals surface area contributed by atoms with E-state index in [-0.39, 0.29) is 5.97 Å². The van der Waals surface area contributed by atoms with Crippen molar-refractivity contribution in [3.8, 4) is 0 Å². The smallest absolute Gasteiger partial charge is 0.342 e. The molecule has 0 saturated carbocycles. The number of carbonyl (C=O) groups is 2. The van der Waals surface area contributed by atoms with E-state index >= 15 is 0 Å². The highest BCUT2D eigenvalue weighted by Gasteiger charge is 2.33. The largest absolute Gasteiger partial charge is 0.421 e. The third kappa shape index (κ3) is 1.91. The number of carbonyl (C=O) groups excluding carboxylic acids is 2. The maximum Gasteiger partial charge on any atom is 0.342 e. The first kappa shape index (κ1) is 10.7. The lowest BCUT2D eigenvalue weighted by molar-refractivity contribution is -0.167. The Hall–Kier alpha value is -1.84. The first-order chi connectivity index (χ1) is 7.72. The second-order valence-electron chi connectivity index (χ2n) is 3.56. The SMILES string of the molecule is CCCC(=O)O[C@@H]1OC(=O)c2ccccc21. The maximum absolute atomic E-state index is 11.4. The number of benzene rings is 1. The molecule has 16 heavy (non-hydrogen) atoms. The molecule has 0 spiro atoms. The molecule has 84 valence electrons. The van der Waals surface area contributed by atoms with E-state index < -0.39 is 12.3 Å². The van der Waals surface area contributed by atoms with Gasteiger partial charge in [0.2, 0.25) is 0 Å². The van der Waals surface area contributed by atoms with Gasteiger partial charge in [-0.2, -0.15) is 0 Å². The molecule has 0 radical (unpaired) electrons. The highest BCUT2D eigenvalue weighted by molar-refractivity contribution is 5.94. The van der Waals surface area contributed by atoms with Gasteiger partial charge < -0.3 is 9.47 Å². The van der Waals surface area contributed by atoms with Gasteiger partial charge >= 0.3 is 11.9 Å². The fraction of sp³-hybridized carbons (Fsp3) is 0.333. The van der Waals surface area contributed by atoms with Crippen LogP contribution in [0.5, 0.6) is 0 Å². The number of hydrogen-bond donors (Lipinski definition) is 0. The van der Waals surface area contributed by atoms with Gasteiger partial charge in [-0.1, -0.05) is 25.1 Å². The minimum absolute atomic E-state index is 0.330. The summed E-state index contributed by atoms with van der Waals surface area (Å²) in [4.78, 5) is 22.7. The van der Waals surface area contributed by atoms with E-state index in [4.69, 9.17) is 9.47 Å². The van der Waals surface area contributed by atoms with Crippen molar-refractivity contribution in [1.82, 2.24) is 0 Å². The standard InChI is InChI=1S/C12H12O4/c1-2-5-10(13)15-12-9-7-4-3-6-8(9)11(14)16-12/h3-4,6-7,12H,2,5H2,1H3/t12-/m1/s1. The Balaban J connectivity index is 2.15. The van der Waals surface area contributed by atoms with Crippen LogP contribution in [0.3, 0.4) is 0 Å². The third-order valence-electron chi connectivity index (χ3n) is 2.34. The zero-order valence-electron chi connectivity index (χ0n) is 8.93. The molecule has 0 aromatic heterocycles. The van der Waals surface area contributed by atoms with Crippen LogP contribution in [-0.2, 0) is 14.3 Å². The Labute approximate surface area is 93.2 Å². The molecule has 1 aliphatic rings. The Bertz CT molecular complexity index is 425. The normalized spacial score (nSPS) is 17.8. The van der Waals surface area contributed by atoms with Crippen molar-refractivity contribution in [1.29, 1.82) is 0 Å². The fourth-order valence-electron chi connectivity index (χ4n) is 1.58. The summed E-state index contributed by atoms with van der Waals surface area (Å²) in [6, 6.07) is 6.91. The summed E-state index contributed by atoms with van der Waals surface area (Å²) in [6.45, 7) is 1.88. The minimum atomic E-state index is -0.872. The summed E-state index contributed by atoms with van der Waals surface area (Å²) in [5.41, 5.74) is 1.09. The lowest BCUT2D eigenvalue weighted by Gasteiger charge is -2.11. The van der Waals surface area contributed by atoms with E-state index in [2.05, 4.69) is 0 Å². The second-order valence-corrected chi connectivity index (χ2v) is 3.56. The monoisotopic (exact) mass is 220 g/mol. The van der Waals surface area contributed by atoms with Crippen LogP contribution in [0, 0.1) is 0 Å². The van der Waals surface area contributed by atoms with E-state index in [1.54, 1.807) is 24.3 Å². The number of rotatable bonds is 3. The van der Waals surface area contributed by atoms with Crippen LogP contribution in [0.15, 0.2) is 24.3 Å². The number of esters is 2. The van der Waals surface area contributed by atoms with Gasteiger partial charge in [-0.05, 0) is 12.5 Å². The molecule has 1 atom stereocenters. The minimum Gasteiger partial charge on any atom is -0.421 e. The van der Waals surface area contributed by atoms with Gasteiger partial charge in [0.15, 0.2) is 0 Å². The van der Waals surface area contributed by atoms with Gasteiger partial charge in [-0.15, -0.1) is 0 Å². The molecule has 0 saturated heterocycles. The average molecular weight is 220 g/mol. The predicted octanol–water partition coefficient (Wildman–Crippen LogP) is 2.20. The predicted molar refractivity (Wildman–Crippen MR) is 55.6 cm³/mol. The van der Waals surface area contributed by atoms with Crippen LogP contribution >= 0.6 is 0 Å². The van der Waals surface area contributed by atoms with Crippen molar-refractivity contribution in [3.05, 3.63) is 35.4 Å². The summed E-state index contributed by atoms with van der Waals surface area (Å²) in [7, 11) is 0. The molecule has 2 rings (SSSR count). The van der Waals surface area contributed by atoms with Crippen LogP contribution in [0.25, 0.3) is 0 Å². The van der Waals surface area contributed by atoms with Crippen LogP contribution in [-0.4, -0.2) is 11.9 Å². The Morgan fingerprint density at radius 2 is 2.19 bits per heavy atom. The summed E-state index contributed by atoms with van der Waals surface area (Å²) in [5.74, 6) is -0.790. The Kier molecular flexibility index (Phi) is 2.90. The highest BCUT2D eigenvalue weighted by atomic mass is 16.7. The highest BCUT2D eigenvalue weighted by Crippen LogP contribution is 2.31. The van der Waals surface area contributed by atoms with Crippen molar-refractivity contribution in [2.45, 2.75) is 26.1 Å². The van der Waals surface area contributed by atoms with Crippen LogP contribution in [0.4, 0.5) is 0 Å². The molecular formula is C12H12O4. The van der Waals surface area contributed by atoms with E-state index in [0.29, 0.717) is 24.0 Å². The molecule has 0 N–H and O–H groups in total. The van der Waals surface area contributed by atoms with Crippen molar-refractivity contribution >= 4 is 11.9 Å². The van der Waals surface area contributed by atoms with E-state index in [1.807, 2.05) is 6.92 Å². The van der Waals surface area contributed by atoms with Gasteiger partial charge in [0.05, 0.1) is 5.56 Å². The fourth-order valence-corrected chi connectivity index (χ4v) is 1.58. The molecule has 1 aromatic carbocycles. The lowest BCUT2D eigenvalue weighted by atomic mass is 10.1. The van der Waals surface area contributed by atoms with Gasteiger partial charge in [0, 0.05) is 12.0 Å². The van der Waals surface area contributed by atoms with Gasteiger partial charge in [0.25, 0.3) is 6.29 Å². The van der Waals surface area contributed by atoms with E-state index in [0.717, 1.165) is 0 Å². The molecule has 4 heteroatoms. The number of cyclic esters (lactones) is 1. The summed E-state index contributed by atoms with van der Waals surface area (Å²) in [6.07, 6.45) is 0.167. The molecule has 1 aromatic rings. The average Bonchev–Trinajstić information content (AvgIpc) is 2.57. The van der Waals surface area contributed by atoms with Crippen molar-refractivity contribution < 1.29 is 19.1 Å². The van der Waals surface area contributed by atoms with Gasteiger partial charge in [-0.25, -0.2) is 4.79 Å². The molecule has 0 unspecified atom stereocenters. The molecular weight excluding hydrogens is 208 g/mol. The van der Waals surface area contributed by atoms with Crippen LogP contribution in [0.1, 0.15) is 42.0 Å². The van der Waals surface area contributed by atoms with E-state index in [1.165, 1.54) is 0 Å². The molecule has 0 fully saturated rings. The Morgan fingerprint density at radius 3 is 2.94 bits per heavy atom. The summed E-state index contributed by atoms with van der Waals surface area (Å²) in [5, 5.41) is 0. The molecule has 1 aliphatic heterocycles. The topological polar surface area (TPSA) is 52.6 Å². The zero-order valence-corrected chi connectivity index (χ0v) is 8.93. The van der Waals surface area contributed by atoms with Crippen molar-refractivity contribution in [2.24, 2.45) is 0 Å². The first-order valence-corrected chi connectivity index (χ1v) is 5.21. The molecule has 0 aliphatic carbocycles. The van der Waals surface area contributed by atoms with Crippen molar-refractivity contribution in [3.63, 3.8) is 0 Å². The zero-order chi connectivity index (χ0) is 11.5. The number of fused-ring (bicyclic) bond motifs is 1. The lowest BCUT2D eigenvalue weighted by Crippen LogP contribution is -2.10.